The van der Waals surface area contributed by atoms with Crippen LogP contribution in [0, 0.1) is 0 Å². The Bertz CT molecular complexity index is 491. The quantitative estimate of drug-likeness (QED) is 0.789. The SMILES string of the molecule is CCc1ccccc1S(=O)c1ccccc1. The molecule has 16 heavy (non-hydrogen) atoms. The largest absolute Gasteiger partial charge is 0.249 e. The second-order valence-corrected chi connectivity index (χ2v) is 4.99. The lowest BCUT2D eigenvalue weighted by molar-refractivity contribution is 0.682. The van der Waals surface area contributed by atoms with Gasteiger partial charge in [0, 0.05) is 9.79 Å². The minimum Gasteiger partial charge on any atom is -0.249 e. The van der Waals surface area contributed by atoms with Crippen molar-refractivity contribution >= 4 is 10.8 Å². The van der Waals surface area contributed by atoms with Crippen LogP contribution in [-0.2, 0) is 17.2 Å². The van der Waals surface area contributed by atoms with Gasteiger partial charge in [-0.25, -0.2) is 4.21 Å². The predicted octanol–water partition coefficient (Wildman–Crippen LogP) is 3.42. The van der Waals surface area contributed by atoms with Crippen LogP contribution in [0.5, 0.6) is 0 Å². The minimum atomic E-state index is -1.06. The summed E-state index contributed by atoms with van der Waals surface area (Å²) in [6.07, 6.45) is 0.911. The molecule has 2 rings (SSSR count). The van der Waals surface area contributed by atoms with Gasteiger partial charge in [0.05, 0.1) is 10.8 Å². The molecule has 0 saturated heterocycles. The van der Waals surface area contributed by atoms with E-state index in [9.17, 15) is 4.21 Å². The van der Waals surface area contributed by atoms with Gasteiger partial charge >= 0.3 is 0 Å². The average Bonchev–Trinajstić information content (AvgIpc) is 2.39. The molecule has 0 spiro atoms. The third-order valence-electron chi connectivity index (χ3n) is 2.51. The first kappa shape index (κ1) is 11.1. The Hall–Kier alpha value is -1.41. The fourth-order valence-corrected chi connectivity index (χ4v) is 2.96. The van der Waals surface area contributed by atoms with E-state index in [1.807, 2.05) is 54.6 Å². The molecule has 0 bridgehead atoms. The maximum absolute atomic E-state index is 12.3. The zero-order chi connectivity index (χ0) is 11.4. The van der Waals surface area contributed by atoms with E-state index in [1.165, 1.54) is 0 Å². The van der Waals surface area contributed by atoms with Crippen LogP contribution in [0.1, 0.15) is 12.5 Å². The van der Waals surface area contributed by atoms with Crippen LogP contribution in [-0.4, -0.2) is 4.21 Å². The van der Waals surface area contributed by atoms with Gasteiger partial charge in [0.1, 0.15) is 0 Å². The van der Waals surface area contributed by atoms with Crippen molar-refractivity contribution < 1.29 is 4.21 Å². The summed E-state index contributed by atoms with van der Waals surface area (Å²) < 4.78 is 12.3. The summed E-state index contributed by atoms with van der Waals surface area (Å²) in [5.41, 5.74) is 1.16. The predicted molar refractivity (Wildman–Crippen MR) is 66.9 cm³/mol. The number of hydrogen-bond donors (Lipinski definition) is 0. The molecule has 1 nitrogen and oxygen atoms in total. The van der Waals surface area contributed by atoms with Gasteiger partial charge in [-0.15, -0.1) is 0 Å². The smallest absolute Gasteiger partial charge is 0.0852 e. The van der Waals surface area contributed by atoms with Gasteiger partial charge in [0.15, 0.2) is 0 Å². The maximum atomic E-state index is 12.3. The molecule has 0 radical (unpaired) electrons. The highest BCUT2D eigenvalue weighted by atomic mass is 32.2. The summed E-state index contributed by atoms with van der Waals surface area (Å²) in [6.45, 7) is 2.08. The van der Waals surface area contributed by atoms with Crippen molar-refractivity contribution in [1.29, 1.82) is 0 Å². The van der Waals surface area contributed by atoms with Crippen LogP contribution in [0.2, 0.25) is 0 Å². The highest BCUT2D eigenvalue weighted by molar-refractivity contribution is 7.85. The molecule has 0 fully saturated rings. The van der Waals surface area contributed by atoms with Crippen molar-refractivity contribution in [1.82, 2.24) is 0 Å². The van der Waals surface area contributed by atoms with Gasteiger partial charge in [-0.2, -0.15) is 0 Å². The summed E-state index contributed by atoms with van der Waals surface area (Å²) in [5.74, 6) is 0. The van der Waals surface area contributed by atoms with Crippen molar-refractivity contribution in [2.75, 3.05) is 0 Å². The fourth-order valence-electron chi connectivity index (χ4n) is 1.65. The van der Waals surface area contributed by atoms with Gasteiger partial charge in [-0.05, 0) is 30.2 Å². The van der Waals surface area contributed by atoms with Gasteiger partial charge in [0.2, 0.25) is 0 Å². The highest BCUT2D eigenvalue weighted by Crippen LogP contribution is 2.20. The van der Waals surface area contributed by atoms with Crippen LogP contribution in [0.15, 0.2) is 64.4 Å². The Kier molecular flexibility index (Phi) is 3.52. The van der Waals surface area contributed by atoms with E-state index < -0.39 is 10.8 Å². The van der Waals surface area contributed by atoms with Gasteiger partial charge in [-0.1, -0.05) is 43.3 Å². The average molecular weight is 230 g/mol. The summed E-state index contributed by atoms with van der Waals surface area (Å²) in [5, 5.41) is 0. The van der Waals surface area contributed by atoms with Crippen LogP contribution < -0.4 is 0 Å². The zero-order valence-electron chi connectivity index (χ0n) is 9.22. The van der Waals surface area contributed by atoms with E-state index in [4.69, 9.17) is 0 Å². The molecule has 0 saturated carbocycles. The number of rotatable bonds is 3. The summed E-state index contributed by atoms with van der Waals surface area (Å²) >= 11 is 0. The molecule has 0 heterocycles. The molecule has 1 atom stereocenters. The summed E-state index contributed by atoms with van der Waals surface area (Å²) in [4.78, 5) is 1.79. The lowest BCUT2D eigenvalue weighted by Crippen LogP contribution is -1.97. The Morgan fingerprint density at radius 3 is 2.25 bits per heavy atom. The first-order chi connectivity index (χ1) is 7.83. The second-order valence-electron chi connectivity index (χ2n) is 3.54. The molecule has 2 aromatic rings. The standard InChI is InChI=1S/C14H14OS/c1-2-12-8-6-7-11-14(12)16(15)13-9-4-3-5-10-13/h3-11H,2H2,1H3. The molecular weight excluding hydrogens is 216 g/mol. The molecular formula is C14H14OS. The lowest BCUT2D eigenvalue weighted by atomic mass is 10.2. The van der Waals surface area contributed by atoms with Gasteiger partial charge < -0.3 is 0 Å². The van der Waals surface area contributed by atoms with Crippen LogP contribution in [0.3, 0.4) is 0 Å². The third-order valence-corrected chi connectivity index (χ3v) is 4.01. The number of hydrogen-bond acceptors (Lipinski definition) is 1. The third kappa shape index (κ3) is 2.22. The molecule has 0 aliphatic carbocycles. The molecule has 0 N–H and O–H groups in total. The molecule has 0 aliphatic heterocycles. The molecule has 0 amide bonds. The molecule has 2 heteroatoms. The lowest BCUT2D eigenvalue weighted by Gasteiger charge is -2.07. The van der Waals surface area contributed by atoms with E-state index >= 15 is 0 Å². The first-order valence-corrected chi connectivity index (χ1v) is 6.52. The van der Waals surface area contributed by atoms with E-state index in [0.29, 0.717) is 0 Å². The van der Waals surface area contributed by atoms with Crippen molar-refractivity contribution in [3.63, 3.8) is 0 Å². The van der Waals surface area contributed by atoms with Crippen molar-refractivity contribution in [2.45, 2.75) is 23.1 Å². The van der Waals surface area contributed by atoms with Crippen LogP contribution >= 0.6 is 0 Å². The Morgan fingerprint density at radius 2 is 1.56 bits per heavy atom. The molecule has 0 aromatic heterocycles. The Labute approximate surface area is 98.6 Å². The van der Waals surface area contributed by atoms with Gasteiger partial charge in [-0.3, -0.25) is 0 Å². The van der Waals surface area contributed by atoms with Crippen molar-refractivity contribution in [3.8, 4) is 0 Å². The Morgan fingerprint density at radius 1 is 0.938 bits per heavy atom. The van der Waals surface area contributed by atoms with E-state index in [0.717, 1.165) is 21.8 Å². The molecule has 1 unspecified atom stereocenters. The minimum absolute atomic E-state index is 0.864. The first-order valence-electron chi connectivity index (χ1n) is 5.37. The van der Waals surface area contributed by atoms with E-state index in [2.05, 4.69) is 6.92 Å². The molecule has 0 aliphatic rings. The second kappa shape index (κ2) is 5.08. The topological polar surface area (TPSA) is 17.1 Å². The molecule has 82 valence electrons. The zero-order valence-corrected chi connectivity index (χ0v) is 10.0. The highest BCUT2D eigenvalue weighted by Gasteiger charge is 2.09. The monoisotopic (exact) mass is 230 g/mol. The fraction of sp³-hybridized carbons (Fsp3) is 0.143. The summed E-state index contributed by atoms with van der Waals surface area (Å²) in [6, 6.07) is 17.5. The Balaban J connectivity index is 2.42. The number of aryl methyl sites for hydroxylation is 1. The van der Waals surface area contributed by atoms with E-state index in [1.54, 1.807) is 0 Å². The van der Waals surface area contributed by atoms with Crippen molar-refractivity contribution in [3.05, 3.63) is 60.2 Å². The summed E-state index contributed by atoms with van der Waals surface area (Å²) in [7, 11) is -1.06. The van der Waals surface area contributed by atoms with Gasteiger partial charge in [0.25, 0.3) is 0 Å². The molecule has 2 aromatic carbocycles. The van der Waals surface area contributed by atoms with Crippen LogP contribution in [0.4, 0.5) is 0 Å². The number of benzene rings is 2. The van der Waals surface area contributed by atoms with Crippen molar-refractivity contribution in [2.24, 2.45) is 0 Å². The maximum Gasteiger partial charge on any atom is 0.0852 e. The van der Waals surface area contributed by atoms with E-state index in [-0.39, 0.29) is 0 Å². The van der Waals surface area contributed by atoms with Crippen LogP contribution in [0.25, 0.3) is 0 Å². The normalized spacial score (nSPS) is 12.3.